The molecule has 1 atom stereocenters. The van der Waals surface area contributed by atoms with Crippen LogP contribution in [0.4, 0.5) is 11.4 Å². The highest BCUT2D eigenvalue weighted by atomic mass is 35.5. The molecule has 1 unspecified atom stereocenters. The van der Waals surface area contributed by atoms with Crippen molar-refractivity contribution in [2.45, 2.75) is 13.5 Å². The summed E-state index contributed by atoms with van der Waals surface area (Å²) in [4.78, 5) is 26.2. The second kappa shape index (κ2) is 7.48. The van der Waals surface area contributed by atoms with Gasteiger partial charge in [-0.3, -0.25) is 9.69 Å². The number of hydrogen-bond donors (Lipinski definition) is 0. The van der Waals surface area contributed by atoms with Gasteiger partial charge in [-0.2, -0.15) is 0 Å². The summed E-state index contributed by atoms with van der Waals surface area (Å²) in [7, 11) is 1.41. The van der Waals surface area contributed by atoms with E-state index in [-0.39, 0.29) is 31.2 Å². The third-order valence-corrected chi connectivity index (χ3v) is 4.96. The van der Waals surface area contributed by atoms with E-state index < -0.39 is 10.6 Å². The van der Waals surface area contributed by atoms with E-state index in [9.17, 15) is 14.8 Å². The molecule has 27 heavy (non-hydrogen) atoms. The number of nitrogens with zero attached hydrogens (tertiary/aromatic N) is 2. The fourth-order valence-electron chi connectivity index (χ4n) is 3.04. The number of esters is 1. The molecular formula is C19H18Cl2N2O4. The summed E-state index contributed by atoms with van der Waals surface area (Å²) in [5.41, 5.74) is 1.73. The zero-order chi connectivity index (χ0) is 19.8. The Morgan fingerprint density at radius 3 is 2.67 bits per heavy atom. The Morgan fingerprint density at radius 2 is 2.00 bits per heavy atom. The van der Waals surface area contributed by atoms with E-state index in [4.69, 9.17) is 27.9 Å². The molecule has 8 heteroatoms. The molecule has 1 aliphatic rings. The predicted molar refractivity (Wildman–Crippen MR) is 106 cm³/mol. The Labute approximate surface area is 167 Å². The monoisotopic (exact) mass is 408 g/mol. The first-order chi connectivity index (χ1) is 12.7. The van der Waals surface area contributed by atoms with Gasteiger partial charge in [0.2, 0.25) is 0 Å². The van der Waals surface area contributed by atoms with Crippen molar-refractivity contribution in [1.82, 2.24) is 4.65 Å². The number of carbonyl (C=O) groups excluding carboxylic acids is 2. The summed E-state index contributed by atoms with van der Waals surface area (Å²) < 4.78 is 4.18. The Hall–Kier alpha value is -2.12. The average Bonchev–Trinajstić information content (AvgIpc) is 2.59. The predicted octanol–water partition coefficient (Wildman–Crippen LogP) is 4.15. The van der Waals surface area contributed by atoms with E-state index >= 15 is 0 Å². The molecule has 0 saturated carbocycles. The Morgan fingerprint density at radius 1 is 1.26 bits per heavy atom. The van der Waals surface area contributed by atoms with Gasteiger partial charge in [0.25, 0.3) is 5.91 Å². The van der Waals surface area contributed by atoms with Crippen molar-refractivity contribution in [3.63, 3.8) is 0 Å². The average molecular weight is 409 g/mol. The van der Waals surface area contributed by atoms with E-state index in [1.54, 1.807) is 31.2 Å². The molecule has 2 aromatic rings. The number of hydrogen-bond acceptors (Lipinski definition) is 4. The third-order valence-electron chi connectivity index (χ3n) is 4.37. The molecule has 0 aliphatic carbocycles. The summed E-state index contributed by atoms with van der Waals surface area (Å²) >= 11 is 12.2. The molecule has 0 fully saturated rings. The van der Waals surface area contributed by atoms with Gasteiger partial charge in [-0.1, -0.05) is 29.3 Å². The van der Waals surface area contributed by atoms with Gasteiger partial charge in [-0.25, -0.2) is 4.79 Å². The van der Waals surface area contributed by atoms with Crippen LogP contribution in [0.5, 0.6) is 0 Å². The van der Waals surface area contributed by atoms with Crippen molar-refractivity contribution in [3.8, 4) is 0 Å². The van der Waals surface area contributed by atoms with Gasteiger partial charge in [-0.15, -0.1) is 0 Å². The van der Waals surface area contributed by atoms with E-state index in [0.717, 1.165) is 0 Å². The smallest absolute Gasteiger partial charge is 0.338 e. The Bertz CT molecular complexity index is 915. The van der Waals surface area contributed by atoms with E-state index in [1.165, 1.54) is 24.1 Å². The van der Waals surface area contributed by atoms with E-state index in [2.05, 4.69) is 0 Å². The van der Waals surface area contributed by atoms with Crippen LogP contribution in [0.1, 0.15) is 22.8 Å². The fraction of sp³-hybridized carbons (Fsp3) is 0.263. The molecule has 0 N–H and O–H groups in total. The van der Waals surface area contributed by atoms with E-state index in [0.29, 0.717) is 27.0 Å². The van der Waals surface area contributed by atoms with Gasteiger partial charge in [0.15, 0.2) is 12.2 Å². The van der Waals surface area contributed by atoms with Crippen LogP contribution in [0, 0.1) is 5.21 Å². The van der Waals surface area contributed by atoms with Gasteiger partial charge in [-0.05, 0) is 36.8 Å². The molecular weight excluding hydrogens is 391 g/mol. The number of ether oxygens (including phenoxy) is 1. The molecule has 1 amide bonds. The molecule has 0 aromatic heterocycles. The normalized spacial score (nSPS) is 19.0. The first-order valence-electron chi connectivity index (χ1n) is 8.35. The molecule has 3 rings (SSSR count). The number of likely N-dealkylation sites (N-methyl/N-ethyl adjacent to an activating group) is 1. The fourth-order valence-corrected chi connectivity index (χ4v) is 3.51. The summed E-state index contributed by atoms with van der Waals surface area (Å²) in [6, 6.07) is 9.62. The minimum absolute atomic E-state index is 0.161. The topological polar surface area (TPSA) is 69.7 Å². The number of hydroxylamine groups is 2. The molecule has 0 radical (unpaired) electrons. The van der Waals surface area contributed by atoms with Crippen molar-refractivity contribution < 1.29 is 14.3 Å². The van der Waals surface area contributed by atoms with Gasteiger partial charge >= 0.3 is 5.97 Å². The van der Waals surface area contributed by atoms with Gasteiger partial charge in [0, 0.05) is 16.1 Å². The third kappa shape index (κ3) is 3.94. The molecule has 6 nitrogen and oxygen atoms in total. The first-order valence-corrected chi connectivity index (χ1v) is 9.11. The largest absolute Gasteiger partial charge is 0.627 e. The summed E-state index contributed by atoms with van der Waals surface area (Å²) in [5, 5.41) is 13.7. The Kier molecular flexibility index (Phi) is 5.44. The molecule has 0 bridgehead atoms. The zero-order valence-corrected chi connectivity index (χ0v) is 16.4. The van der Waals surface area contributed by atoms with Crippen molar-refractivity contribution in [2.24, 2.45) is 0 Å². The number of halogens is 2. The zero-order valence-electron chi connectivity index (χ0n) is 14.9. The maximum absolute atomic E-state index is 12.8. The Balaban J connectivity index is 2.06. The second-order valence-electron chi connectivity index (χ2n) is 6.40. The molecule has 2 aromatic carbocycles. The summed E-state index contributed by atoms with van der Waals surface area (Å²) in [6.07, 6.45) is 0. The molecule has 1 aliphatic heterocycles. The number of rotatable bonds is 4. The van der Waals surface area contributed by atoms with Gasteiger partial charge < -0.3 is 14.6 Å². The lowest BCUT2D eigenvalue weighted by Crippen LogP contribution is -2.53. The van der Waals surface area contributed by atoms with Crippen molar-refractivity contribution in [3.05, 3.63) is 62.8 Å². The van der Waals surface area contributed by atoms with Gasteiger partial charge in [0.05, 0.1) is 25.8 Å². The van der Waals surface area contributed by atoms with Crippen LogP contribution in [-0.4, -0.2) is 32.1 Å². The molecule has 0 saturated heterocycles. The summed E-state index contributed by atoms with van der Waals surface area (Å²) in [6.45, 7) is 1.86. The van der Waals surface area contributed by atoms with E-state index in [1.807, 2.05) is 0 Å². The van der Waals surface area contributed by atoms with Crippen LogP contribution in [-0.2, 0) is 16.1 Å². The van der Waals surface area contributed by atoms with Crippen molar-refractivity contribution >= 4 is 46.5 Å². The number of amides is 1. The number of carbonyl (C=O) groups is 2. The highest BCUT2D eigenvalue weighted by Gasteiger charge is 2.36. The highest BCUT2D eigenvalue weighted by molar-refractivity contribution is 6.35. The first kappa shape index (κ1) is 19.6. The van der Waals surface area contributed by atoms with Crippen molar-refractivity contribution in [1.29, 1.82) is 0 Å². The minimum atomic E-state index is -0.845. The lowest BCUT2D eigenvalue weighted by Gasteiger charge is -2.44. The number of benzene rings is 2. The molecule has 1 heterocycles. The lowest BCUT2D eigenvalue weighted by atomic mass is 10.1. The maximum atomic E-state index is 12.8. The minimum Gasteiger partial charge on any atom is -0.627 e. The number of fused-ring (bicyclic) bond motifs is 1. The molecule has 0 spiro atoms. The quantitative estimate of drug-likeness (QED) is 0.432. The lowest BCUT2D eigenvalue weighted by molar-refractivity contribution is -0.119. The summed E-state index contributed by atoms with van der Waals surface area (Å²) in [5.74, 6) is -0.866. The van der Waals surface area contributed by atoms with Crippen molar-refractivity contribution in [2.75, 3.05) is 25.1 Å². The number of anilines is 1. The van der Waals surface area contributed by atoms with Crippen LogP contribution in [0.25, 0.3) is 0 Å². The molecule has 142 valence electrons. The standard InChI is InChI=1S/C19H18Cl2N2O4/c1-3-27-19(25)12-5-7-17-16(8-12)22(18(24)11-23(17,2)26)10-13-4-6-14(20)9-15(13)21/h4-9H,3,10-11H2,1-2H3. The van der Waals surface area contributed by atoms with Crippen LogP contribution >= 0.6 is 23.2 Å². The number of quaternary nitrogens is 1. The van der Waals surface area contributed by atoms with Crippen LogP contribution in [0.3, 0.4) is 0 Å². The highest BCUT2D eigenvalue weighted by Crippen LogP contribution is 2.39. The maximum Gasteiger partial charge on any atom is 0.338 e. The van der Waals surface area contributed by atoms with Crippen LogP contribution in [0.15, 0.2) is 36.4 Å². The van der Waals surface area contributed by atoms with Gasteiger partial charge in [0.1, 0.15) is 5.69 Å². The van der Waals surface area contributed by atoms with Crippen LogP contribution < -0.4 is 9.55 Å². The second-order valence-corrected chi connectivity index (χ2v) is 7.24. The van der Waals surface area contributed by atoms with Crippen LogP contribution in [0.2, 0.25) is 10.0 Å². The SMILES string of the molecule is CCOC(=O)c1ccc2c(c1)N(Cc1ccc(Cl)cc1Cl)C(=O)C[N+]2(C)[O-].